The van der Waals surface area contributed by atoms with Crippen molar-refractivity contribution in [3.05, 3.63) is 29.8 Å². The van der Waals surface area contributed by atoms with Gasteiger partial charge in [-0.05, 0) is 30.0 Å². The first-order valence-electron chi connectivity index (χ1n) is 7.82. The van der Waals surface area contributed by atoms with Gasteiger partial charge >= 0.3 is 6.03 Å². The lowest BCUT2D eigenvalue weighted by atomic mass is 9.99. The normalized spacial score (nSPS) is 12.0. The van der Waals surface area contributed by atoms with Crippen LogP contribution in [0.15, 0.2) is 24.3 Å². The Bertz CT molecular complexity index is 421. The van der Waals surface area contributed by atoms with Crippen LogP contribution in [0.1, 0.15) is 45.1 Å². The molecule has 1 aromatic carbocycles. The number of unbranched alkanes of at least 4 members (excludes halogenated alkanes) is 1. The molecule has 0 aliphatic rings. The van der Waals surface area contributed by atoms with Gasteiger partial charge in [-0.1, -0.05) is 45.2 Å². The largest absolute Gasteiger partial charge is 0.380 e. The van der Waals surface area contributed by atoms with Crippen molar-refractivity contribution in [2.45, 2.75) is 46.1 Å². The lowest BCUT2D eigenvalue weighted by Gasteiger charge is -2.15. The molecule has 0 spiro atoms. The van der Waals surface area contributed by atoms with E-state index in [9.17, 15) is 4.79 Å². The van der Waals surface area contributed by atoms with Crippen molar-refractivity contribution < 1.29 is 9.53 Å². The molecule has 118 valence electrons. The number of anilines is 1. The number of carbonyl (C=O) groups is 1. The summed E-state index contributed by atoms with van der Waals surface area (Å²) in [5.41, 5.74) is 1.84. The van der Waals surface area contributed by atoms with E-state index in [0.717, 1.165) is 24.2 Å². The lowest BCUT2D eigenvalue weighted by molar-refractivity contribution is 0.185. The van der Waals surface area contributed by atoms with Gasteiger partial charge in [-0.25, -0.2) is 4.79 Å². The van der Waals surface area contributed by atoms with Gasteiger partial charge in [0, 0.05) is 19.3 Å². The maximum atomic E-state index is 11.9. The van der Waals surface area contributed by atoms with Crippen LogP contribution in [-0.2, 0) is 11.3 Å². The second-order valence-corrected chi connectivity index (χ2v) is 5.38. The number of carbonyl (C=O) groups excluding carboxylic acids is 1. The van der Waals surface area contributed by atoms with Gasteiger partial charge in [0.25, 0.3) is 0 Å². The van der Waals surface area contributed by atoms with Gasteiger partial charge in [-0.3, -0.25) is 0 Å². The summed E-state index contributed by atoms with van der Waals surface area (Å²) in [4.78, 5) is 11.9. The average molecular weight is 292 g/mol. The number of nitrogens with one attached hydrogen (secondary N) is 2. The highest BCUT2D eigenvalue weighted by molar-refractivity contribution is 5.89. The first kappa shape index (κ1) is 17.5. The van der Waals surface area contributed by atoms with Crippen LogP contribution in [-0.4, -0.2) is 19.7 Å². The fourth-order valence-corrected chi connectivity index (χ4v) is 2.26. The minimum Gasteiger partial charge on any atom is -0.380 e. The fraction of sp³-hybridized carbons (Fsp3) is 0.588. The number of ether oxygens (including phenoxy) is 1. The summed E-state index contributed by atoms with van der Waals surface area (Å²) in [6, 6.07) is 7.56. The van der Waals surface area contributed by atoms with Crippen molar-refractivity contribution in [2.75, 3.05) is 19.0 Å². The first-order chi connectivity index (χ1) is 10.2. The predicted molar refractivity (Wildman–Crippen MR) is 87.5 cm³/mol. The SMILES string of the molecule is CCCCC(CC)CNC(=O)Nc1cccc(COC)c1. The van der Waals surface area contributed by atoms with Gasteiger partial charge in [0.1, 0.15) is 0 Å². The van der Waals surface area contributed by atoms with E-state index in [-0.39, 0.29) is 6.03 Å². The molecular formula is C17H28N2O2. The van der Waals surface area contributed by atoms with Gasteiger partial charge in [0.15, 0.2) is 0 Å². The first-order valence-corrected chi connectivity index (χ1v) is 7.82. The van der Waals surface area contributed by atoms with Crippen LogP contribution >= 0.6 is 0 Å². The highest BCUT2D eigenvalue weighted by atomic mass is 16.5. The molecule has 0 aliphatic heterocycles. The summed E-state index contributed by atoms with van der Waals surface area (Å²) >= 11 is 0. The van der Waals surface area contributed by atoms with Crippen molar-refractivity contribution >= 4 is 11.7 Å². The van der Waals surface area contributed by atoms with Crippen molar-refractivity contribution in [3.63, 3.8) is 0 Å². The lowest BCUT2D eigenvalue weighted by Crippen LogP contribution is -2.33. The van der Waals surface area contributed by atoms with Crippen LogP contribution in [0.5, 0.6) is 0 Å². The third-order valence-corrected chi connectivity index (χ3v) is 3.59. The van der Waals surface area contributed by atoms with Gasteiger partial charge in [-0.15, -0.1) is 0 Å². The smallest absolute Gasteiger partial charge is 0.319 e. The zero-order valence-corrected chi connectivity index (χ0v) is 13.4. The van der Waals surface area contributed by atoms with Crippen molar-refractivity contribution in [2.24, 2.45) is 5.92 Å². The third-order valence-electron chi connectivity index (χ3n) is 3.59. The summed E-state index contributed by atoms with van der Waals surface area (Å²) in [5.74, 6) is 0.565. The molecule has 0 aromatic heterocycles. The van der Waals surface area contributed by atoms with Crippen LogP contribution in [0.25, 0.3) is 0 Å². The predicted octanol–water partition coefficient (Wildman–Crippen LogP) is 4.17. The van der Waals surface area contributed by atoms with Crippen LogP contribution in [0.4, 0.5) is 10.5 Å². The molecule has 0 radical (unpaired) electrons. The van der Waals surface area contributed by atoms with Gasteiger partial charge in [0.05, 0.1) is 6.61 Å². The summed E-state index contributed by atoms with van der Waals surface area (Å²) in [7, 11) is 1.66. The van der Waals surface area contributed by atoms with E-state index >= 15 is 0 Å². The Hall–Kier alpha value is -1.55. The number of urea groups is 1. The molecule has 0 fully saturated rings. The van der Waals surface area contributed by atoms with Gasteiger partial charge in [0.2, 0.25) is 0 Å². The van der Waals surface area contributed by atoms with E-state index in [1.165, 1.54) is 19.3 Å². The van der Waals surface area contributed by atoms with E-state index in [0.29, 0.717) is 12.5 Å². The van der Waals surface area contributed by atoms with E-state index in [1.54, 1.807) is 7.11 Å². The number of benzene rings is 1. The molecule has 0 aliphatic carbocycles. The van der Waals surface area contributed by atoms with E-state index in [1.807, 2.05) is 24.3 Å². The highest BCUT2D eigenvalue weighted by Gasteiger charge is 2.08. The Labute approximate surface area is 128 Å². The molecule has 21 heavy (non-hydrogen) atoms. The molecule has 1 atom stereocenters. The number of hydrogen-bond acceptors (Lipinski definition) is 2. The molecular weight excluding hydrogens is 264 g/mol. The molecule has 4 nitrogen and oxygen atoms in total. The Kier molecular flexibility index (Phi) is 8.51. The third kappa shape index (κ3) is 7.14. The molecule has 1 rings (SSSR count). The van der Waals surface area contributed by atoms with Crippen LogP contribution in [0.3, 0.4) is 0 Å². The number of methoxy groups -OCH3 is 1. The average Bonchev–Trinajstić information content (AvgIpc) is 2.48. The Morgan fingerprint density at radius 2 is 2.14 bits per heavy atom. The topological polar surface area (TPSA) is 50.4 Å². The molecule has 2 N–H and O–H groups in total. The maximum Gasteiger partial charge on any atom is 0.319 e. The van der Waals surface area contributed by atoms with Crippen molar-refractivity contribution in [1.82, 2.24) is 5.32 Å². The Balaban J connectivity index is 2.40. The van der Waals surface area contributed by atoms with E-state index < -0.39 is 0 Å². The van der Waals surface area contributed by atoms with Gasteiger partial charge in [-0.2, -0.15) is 0 Å². The molecule has 2 amide bonds. The minimum absolute atomic E-state index is 0.139. The standard InChI is InChI=1S/C17H28N2O2/c1-4-6-8-14(5-2)12-18-17(20)19-16-10-7-9-15(11-16)13-21-3/h7,9-11,14H,4-6,8,12-13H2,1-3H3,(H2,18,19,20). The summed E-state index contributed by atoms with van der Waals surface area (Å²) in [6.07, 6.45) is 4.70. The Morgan fingerprint density at radius 3 is 2.81 bits per heavy atom. The molecule has 0 heterocycles. The monoisotopic (exact) mass is 292 g/mol. The molecule has 0 saturated carbocycles. The molecule has 1 unspecified atom stereocenters. The van der Waals surface area contributed by atoms with Crippen molar-refractivity contribution in [3.8, 4) is 0 Å². The molecule has 0 bridgehead atoms. The summed E-state index contributed by atoms with van der Waals surface area (Å²) in [5, 5.41) is 5.83. The van der Waals surface area contributed by atoms with Crippen LogP contribution in [0, 0.1) is 5.92 Å². The quantitative estimate of drug-likeness (QED) is 0.717. The maximum absolute atomic E-state index is 11.9. The molecule has 1 aromatic rings. The zero-order valence-electron chi connectivity index (χ0n) is 13.4. The zero-order chi connectivity index (χ0) is 15.5. The Morgan fingerprint density at radius 1 is 1.33 bits per heavy atom. The molecule has 0 saturated heterocycles. The van der Waals surface area contributed by atoms with Crippen LogP contribution < -0.4 is 10.6 Å². The fourth-order valence-electron chi connectivity index (χ4n) is 2.26. The van der Waals surface area contributed by atoms with Crippen molar-refractivity contribution in [1.29, 1.82) is 0 Å². The summed E-state index contributed by atoms with van der Waals surface area (Å²) in [6.45, 7) is 5.65. The van der Waals surface area contributed by atoms with Gasteiger partial charge < -0.3 is 15.4 Å². The second kappa shape index (κ2) is 10.2. The number of rotatable bonds is 9. The number of amides is 2. The minimum atomic E-state index is -0.139. The molecule has 4 heteroatoms. The second-order valence-electron chi connectivity index (χ2n) is 5.38. The summed E-state index contributed by atoms with van der Waals surface area (Å²) < 4.78 is 5.09. The van der Waals surface area contributed by atoms with E-state index in [4.69, 9.17) is 4.74 Å². The van der Waals surface area contributed by atoms with Crippen LogP contribution in [0.2, 0.25) is 0 Å². The highest BCUT2D eigenvalue weighted by Crippen LogP contribution is 2.13. The number of hydrogen-bond donors (Lipinski definition) is 2. The van der Waals surface area contributed by atoms with E-state index in [2.05, 4.69) is 24.5 Å².